The summed E-state index contributed by atoms with van der Waals surface area (Å²) in [5.41, 5.74) is 3.06. The first kappa shape index (κ1) is 9.96. The fourth-order valence-electron chi connectivity index (χ4n) is 2.41. The Morgan fingerprint density at radius 2 is 2.11 bits per heavy atom. The van der Waals surface area contributed by atoms with Gasteiger partial charge in [-0.25, -0.2) is 0 Å². The highest BCUT2D eigenvalue weighted by molar-refractivity contribution is 5.67. The summed E-state index contributed by atoms with van der Waals surface area (Å²) in [6.45, 7) is 2.04. The maximum absolute atomic E-state index is 5.40. The Kier molecular flexibility index (Phi) is 2.07. The van der Waals surface area contributed by atoms with Crippen molar-refractivity contribution >= 4 is 0 Å². The quantitative estimate of drug-likeness (QED) is 0.827. The summed E-state index contributed by atoms with van der Waals surface area (Å²) in [6.07, 6.45) is 0.896. The number of benzene rings is 1. The predicted octanol–water partition coefficient (Wildman–Crippen LogP) is 1.72. The number of nitrogens with zero attached hydrogens (tertiary/aromatic N) is 1. The predicted molar refractivity (Wildman–Crippen MR) is 63.5 cm³/mol. The molecule has 0 aliphatic carbocycles. The fourth-order valence-corrected chi connectivity index (χ4v) is 2.41. The number of fused-ring (bicyclic) bond motifs is 2. The molecule has 2 aliphatic heterocycles. The molecule has 0 radical (unpaired) electrons. The maximum Gasteiger partial charge on any atom is 0.231 e. The molecule has 5 nitrogen and oxygen atoms in total. The number of aromatic nitrogens is 1. The Labute approximate surface area is 104 Å². The largest absolute Gasteiger partial charge is 0.454 e. The van der Waals surface area contributed by atoms with Crippen LogP contribution in [0.4, 0.5) is 0 Å². The fraction of sp³-hybridized carbons (Fsp3) is 0.308. The summed E-state index contributed by atoms with van der Waals surface area (Å²) in [7, 11) is 0. The summed E-state index contributed by atoms with van der Waals surface area (Å²) < 4.78 is 16.1. The molecule has 92 valence electrons. The van der Waals surface area contributed by atoms with Crippen LogP contribution in [-0.4, -0.2) is 18.5 Å². The van der Waals surface area contributed by atoms with E-state index in [-0.39, 0.29) is 6.79 Å². The van der Waals surface area contributed by atoms with Crippen molar-refractivity contribution in [1.82, 2.24) is 10.5 Å². The van der Waals surface area contributed by atoms with Crippen LogP contribution in [0.15, 0.2) is 22.7 Å². The van der Waals surface area contributed by atoms with E-state index in [0.29, 0.717) is 0 Å². The lowest BCUT2D eigenvalue weighted by molar-refractivity contribution is 0.174. The van der Waals surface area contributed by atoms with Crippen LogP contribution in [0.1, 0.15) is 11.3 Å². The molecular weight excluding hydrogens is 232 g/mol. The monoisotopic (exact) mass is 244 g/mol. The summed E-state index contributed by atoms with van der Waals surface area (Å²) >= 11 is 0. The molecule has 1 aromatic heterocycles. The molecule has 0 fully saturated rings. The van der Waals surface area contributed by atoms with E-state index in [1.54, 1.807) is 0 Å². The molecule has 5 heteroatoms. The van der Waals surface area contributed by atoms with E-state index in [4.69, 9.17) is 14.0 Å². The van der Waals surface area contributed by atoms with Gasteiger partial charge < -0.3 is 19.3 Å². The smallest absolute Gasteiger partial charge is 0.231 e. The molecule has 1 N–H and O–H groups in total. The van der Waals surface area contributed by atoms with Gasteiger partial charge in [-0.05, 0) is 18.2 Å². The summed E-state index contributed by atoms with van der Waals surface area (Å²) in [5.74, 6) is 2.55. The van der Waals surface area contributed by atoms with E-state index < -0.39 is 0 Å². The highest BCUT2D eigenvalue weighted by Crippen LogP contribution is 2.37. The van der Waals surface area contributed by atoms with Crippen LogP contribution in [0.25, 0.3) is 11.3 Å². The molecule has 1 aromatic carbocycles. The molecular formula is C13H12N2O3. The lowest BCUT2D eigenvalue weighted by Crippen LogP contribution is -2.22. The highest BCUT2D eigenvalue weighted by atomic mass is 16.7. The zero-order chi connectivity index (χ0) is 11.9. The minimum Gasteiger partial charge on any atom is -0.454 e. The highest BCUT2D eigenvalue weighted by Gasteiger charge is 2.22. The zero-order valence-corrected chi connectivity index (χ0v) is 9.73. The molecule has 0 saturated heterocycles. The Hall–Kier alpha value is -2.01. The molecule has 0 spiro atoms. The van der Waals surface area contributed by atoms with E-state index in [2.05, 4.69) is 10.5 Å². The molecule has 0 unspecified atom stereocenters. The normalized spacial score (nSPS) is 16.7. The average molecular weight is 244 g/mol. The van der Waals surface area contributed by atoms with Crippen LogP contribution in [0.2, 0.25) is 0 Å². The topological polar surface area (TPSA) is 56.5 Å². The van der Waals surface area contributed by atoms with Gasteiger partial charge in [0.2, 0.25) is 6.79 Å². The Morgan fingerprint density at radius 1 is 1.17 bits per heavy atom. The first-order valence-electron chi connectivity index (χ1n) is 6.00. The zero-order valence-electron chi connectivity index (χ0n) is 9.73. The van der Waals surface area contributed by atoms with E-state index >= 15 is 0 Å². The van der Waals surface area contributed by atoms with Gasteiger partial charge in [-0.3, -0.25) is 0 Å². The number of hydrogen-bond acceptors (Lipinski definition) is 5. The van der Waals surface area contributed by atoms with Crippen molar-refractivity contribution in [2.24, 2.45) is 0 Å². The van der Waals surface area contributed by atoms with Crippen LogP contribution in [0.3, 0.4) is 0 Å². The standard InChI is InChI=1S/C13H12N2O3/c1-2-11-12(17-7-16-11)5-8(1)13-9-6-14-4-3-10(9)18-15-13/h1-2,5,14H,3-4,6-7H2. The van der Waals surface area contributed by atoms with E-state index in [9.17, 15) is 0 Å². The molecule has 2 aromatic rings. The van der Waals surface area contributed by atoms with Gasteiger partial charge in [0, 0.05) is 30.6 Å². The minimum absolute atomic E-state index is 0.289. The van der Waals surface area contributed by atoms with Gasteiger partial charge in [-0.15, -0.1) is 0 Å². The third kappa shape index (κ3) is 1.41. The maximum atomic E-state index is 5.40. The van der Waals surface area contributed by atoms with Gasteiger partial charge in [0.25, 0.3) is 0 Å². The van der Waals surface area contributed by atoms with Gasteiger partial charge in [0.1, 0.15) is 11.5 Å². The van der Waals surface area contributed by atoms with Crippen molar-refractivity contribution in [3.05, 3.63) is 29.5 Å². The molecule has 0 atom stereocenters. The number of hydrogen-bond donors (Lipinski definition) is 1. The van der Waals surface area contributed by atoms with E-state index in [1.807, 2.05) is 18.2 Å². The molecule has 2 aliphatic rings. The summed E-state index contributed by atoms with van der Waals surface area (Å²) in [4.78, 5) is 0. The van der Waals surface area contributed by atoms with E-state index in [0.717, 1.165) is 53.6 Å². The van der Waals surface area contributed by atoms with Crippen LogP contribution in [0.5, 0.6) is 11.5 Å². The molecule has 3 heterocycles. The van der Waals surface area contributed by atoms with Gasteiger partial charge in [0.15, 0.2) is 11.5 Å². The summed E-state index contributed by atoms with van der Waals surface area (Å²) in [5, 5.41) is 7.52. The van der Waals surface area contributed by atoms with Gasteiger partial charge in [-0.2, -0.15) is 0 Å². The minimum atomic E-state index is 0.289. The molecule has 0 saturated carbocycles. The first-order chi connectivity index (χ1) is 8.92. The van der Waals surface area contributed by atoms with Gasteiger partial charge >= 0.3 is 0 Å². The van der Waals surface area contributed by atoms with Crippen molar-refractivity contribution in [2.45, 2.75) is 13.0 Å². The van der Waals surface area contributed by atoms with Crippen molar-refractivity contribution < 1.29 is 14.0 Å². The second-order valence-electron chi connectivity index (χ2n) is 4.43. The molecule has 18 heavy (non-hydrogen) atoms. The van der Waals surface area contributed by atoms with Crippen molar-refractivity contribution in [1.29, 1.82) is 0 Å². The second-order valence-corrected chi connectivity index (χ2v) is 4.43. The van der Waals surface area contributed by atoms with Crippen molar-refractivity contribution in [3.8, 4) is 22.8 Å². The molecule has 0 amide bonds. The van der Waals surface area contributed by atoms with Crippen LogP contribution in [0, 0.1) is 0 Å². The lowest BCUT2D eigenvalue weighted by atomic mass is 10.0. The Balaban J connectivity index is 1.81. The third-order valence-electron chi connectivity index (χ3n) is 3.35. The van der Waals surface area contributed by atoms with Crippen LogP contribution in [-0.2, 0) is 13.0 Å². The second kappa shape index (κ2) is 3.74. The van der Waals surface area contributed by atoms with Crippen LogP contribution >= 0.6 is 0 Å². The Bertz CT molecular complexity index is 606. The average Bonchev–Trinajstić information content (AvgIpc) is 3.04. The first-order valence-corrected chi connectivity index (χ1v) is 6.00. The lowest BCUT2D eigenvalue weighted by Gasteiger charge is -2.11. The number of rotatable bonds is 1. The summed E-state index contributed by atoms with van der Waals surface area (Å²) in [6, 6.07) is 5.85. The van der Waals surface area contributed by atoms with Crippen molar-refractivity contribution in [2.75, 3.05) is 13.3 Å². The third-order valence-corrected chi connectivity index (χ3v) is 3.35. The van der Waals surface area contributed by atoms with Gasteiger partial charge in [0.05, 0.1) is 0 Å². The SMILES string of the molecule is c1cc2c(cc1-c1noc3c1CNCC3)OCO2. The van der Waals surface area contributed by atoms with E-state index in [1.165, 1.54) is 0 Å². The molecule has 0 bridgehead atoms. The molecule has 4 rings (SSSR count). The Morgan fingerprint density at radius 3 is 3.11 bits per heavy atom. The van der Waals surface area contributed by atoms with Crippen LogP contribution < -0.4 is 14.8 Å². The number of ether oxygens (including phenoxy) is 2. The van der Waals surface area contributed by atoms with Gasteiger partial charge in [-0.1, -0.05) is 5.16 Å². The van der Waals surface area contributed by atoms with Crippen molar-refractivity contribution in [3.63, 3.8) is 0 Å². The number of nitrogens with one attached hydrogen (secondary N) is 1.